The first kappa shape index (κ1) is 14.7. The van der Waals surface area contributed by atoms with Gasteiger partial charge in [0.15, 0.2) is 16.7 Å². The summed E-state index contributed by atoms with van der Waals surface area (Å²) in [5.41, 5.74) is 0.688. The van der Waals surface area contributed by atoms with E-state index in [2.05, 4.69) is 15.5 Å². The molecule has 1 amide bonds. The number of nitrogens with zero attached hydrogens (tertiary/aromatic N) is 3. The van der Waals surface area contributed by atoms with E-state index in [0.717, 1.165) is 6.42 Å². The van der Waals surface area contributed by atoms with Gasteiger partial charge < -0.3 is 19.4 Å². The average Bonchev–Trinajstić information content (AvgIpc) is 2.78. The van der Waals surface area contributed by atoms with Crippen LogP contribution in [0.5, 0.6) is 11.5 Å². The first-order valence-corrected chi connectivity index (χ1v) is 7.87. The number of fused-ring (bicyclic) bond motifs is 1. The molecular weight excluding hydrogens is 304 g/mol. The van der Waals surface area contributed by atoms with Gasteiger partial charge in [0.1, 0.15) is 6.33 Å². The predicted octanol–water partition coefficient (Wildman–Crippen LogP) is 1.71. The maximum atomic E-state index is 12.0. The quantitative estimate of drug-likeness (QED) is 0.864. The van der Waals surface area contributed by atoms with Crippen LogP contribution < -0.4 is 14.8 Å². The molecule has 0 radical (unpaired) electrons. The number of anilines is 1. The molecule has 116 valence electrons. The average molecular weight is 320 g/mol. The van der Waals surface area contributed by atoms with Crippen molar-refractivity contribution in [3.63, 3.8) is 0 Å². The Labute approximate surface area is 132 Å². The summed E-state index contributed by atoms with van der Waals surface area (Å²) in [6.45, 7) is 1.26. The van der Waals surface area contributed by atoms with Gasteiger partial charge in [0.25, 0.3) is 0 Å². The zero-order chi connectivity index (χ0) is 15.4. The molecule has 0 atom stereocenters. The lowest BCUT2D eigenvalue weighted by molar-refractivity contribution is -0.113. The summed E-state index contributed by atoms with van der Waals surface area (Å²) in [5.74, 6) is 1.53. The first-order chi connectivity index (χ1) is 10.7. The van der Waals surface area contributed by atoms with Gasteiger partial charge in [0.2, 0.25) is 5.91 Å². The van der Waals surface area contributed by atoms with Crippen molar-refractivity contribution in [3.05, 3.63) is 24.5 Å². The molecule has 1 aliphatic rings. The standard InChI is InChI=1S/C14H16N4O3S/c1-18-9-15-17-14(18)22-8-13(19)16-10-3-4-11-12(7-10)21-6-2-5-20-11/h3-4,7,9H,2,5-6,8H2,1H3,(H,16,19). The Bertz CT molecular complexity index is 674. The third kappa shape index (κ3) is 3.51. The number of hydrogen-bond acceptors (Lipinski definition) is 6. The summed E-state index contributed by atoms with van der Waals surface area (Å²) in [6.07, 6.45) is 2.45. The van der Waals surface area contributed by atoms with Crippen molar-refractivity contribution in [1.29, 1.82) is 0 Å². The molecule has 0 spiro atoms. The normalized spacial score (nSPS) is 13.5. The van der Waals surface area contributed by atoms with E-state index in [4.69, 9.17) is 9.47 Å². The minimum absolute atomic E-state index is 0.109. The van der Waals surface area contributed by atoms with Crippen LogP contribution in [0.4, 0.5) is 5.69 Å². The molecule has 0 fully saturated rings. The molecule has 1 aliphatic heterocycles. The Balaban J connectivity index is 1.59. The Morgan fingerprint density at radius 1 is 1.36 bits per heavy atom. The third-order valence-electron chi connectivity index (χ3n) is 3.03. The number of benzene rings is 1. The lowest BCUT2D eigenvalue weighted by atomic mass is 10.2. The predicted molar refractivity (Wildman–Crippen MR) is 82.4 cm³/mol. The van der Waals surface area contributed by atoms with Gasteiger partial charge in [0.05, 0.1) is 19.0 Å². The number of hydrogen-bond donors (Lipinski definition) is 1. The molecule has 22 heavy (non-hydrogen) atoms. The molecule has 3 rings (SSSR count). The summed E-state index contributed by atoms with van der Waals surface area (Å²) >= 11 is 1.33. The molecule has 0 saturated heterocycles. The number of rotatable bonds is 4. The molecular formula is C14H16N4O3S. The third-order valence-corrected chi connectivity index (χ3v) is 4.07. The van der Waals surface area contributed by atoms with Crippen molar-refractivity contribution in [1.82, 2.24) is 14.8 Å². The van der Waals surface area contributed by atoms with Gasteiger partial charge in [-0.25, -0.2) is 0 Å². The first-order valence-electron chi connectivity index (χ1n) is 6.88. The highest BCUT2D eigenvalue weighted by molar-refractivity contribution is 7.99. The SMILES string of the molecule is Cn1cnnc1SCC(=O)Nc1ccc2c(c1)OCCCO2. The van der Waals surface area contributed by atoms with Gasteiger partial charge in [-0.05, 0) is 12.1 Å². The van der Waals surface area contributed by atoms with Gasteiger partial charge in [-0.1, -0.05) is 11.8 Å². The van der Waals surface area contributed by atoms with E-state index >= 15 is 0 Å². The van der Waals surface area contributed by atoms with Crippen LogP contribution in [0.3, 0.4) is 0 Å². The molecule has 0 aliphatic carbocycles. The smallest absolute Gasteiger partial charge is 0.234 e. The van der Waals surface area contributed by atoms with Gasteiger partial charge in [-0.15, -0.1) is 10.2 Å². The molecule has 1 aromatic heterocycles. The van der Waals surface area contributed by atoms with Crippen LogP contribution in [-0.2, 0) is 11.8 Å². The van der Waals surface area contributed by atoms with E-state index in [0.29, 0.717) is 35.6 Å². The molecule has 0 saturated carbocycles. The van der Waals surface area contributed by atoms with Crippen molar-refractivity contribution in [2.75, 3.05) is 24.3 Å². The second-order valence-corrected chi connectivity index (χ2v) is 5.72. The molecule has 1 aromatic carbocycles. The largest absolute Gasteiger partial charge is 0.490 e. The van der Waals surface area contributed by atoms with Crippen molar-refractivity contribution < 1.29 is 14.3 Å². The second kappa shape index (κ2) is 6.69. The van der Waals surface area contributed by atoms with Crippen LogP contribution in [0.25, 0.3) is 0 Å². The van der Waals surface area contributed by atoms with Crippen LogP contribution in [0.1, 0.15) is 6.42 Å². The van der Waals surface area contributed by atoms with Gasteiger partial charge in [0, 0.05) is 25.2 Å². The molecule has 0 unspecified atom stereocenters. The minimum Gasteiger partial charge on any atom is -0.490 e. The van der Waals surface area contributed by atoms with E-state index in [9.17, 15) is 4.79 Å². The zero-order valence-corrected chi connectivity index (χ0v) is 12.9. The Morgan fingerprint density at radius 2 is 2.18 bits per heavy atom. The highest BCUT2D eigenvalue weighted by Crippen LogP contribution is 2.32. The Kier molecular flexibility index (Phi) is 4.47. The maximum absolute atomic E-state index is 12.0. The molecule has 2 aromatic rings. The number of aryl methyl sites for hydroxylation is 1. The summed E-state index contributed by atoms with van der Waals surface area (Å²) in [5, 5.41) is 11.2. The van der Waals surface area contributed by atoms with Crippen LogP contribution in [0, 0.1) is 0 Å². The molecule has 0 bridgehead atoms. The van der Waals surface area contributed by atoms with Crippen LogP contribution in [-0.4, -0.2) is 39.6 Å². The number of amides is 1. The van der Waals surface area contributed by atoms with Crippen molar-refractivity contribution in [3.8, 4) is 11.5 Å². The lowest BCUT2D eigenvalue weighted by Crippen LogP contribution is -2.14. The fourth-order valence-electron chi connectivity index (χ4n) is 1.97. The van der Waals surface area contributed by atoms with E-state index in [1.54, 1.807) is 23.0 Å². The zero-order valence-electron chi connectivity index (χ0n) is 12.1. The maximum Gasteiger partial charge on any atom is 0.234 e. The summed E-state index contributed by atoms with van der Waals surface area (Å²) in [7, 11) is 1.84. The number of ether oxygens (including phenoxy) is 2. The van der Waals surface area contributed by atoms with Crippen molar-refractivity contribution >= 4 is 23.4 Å². The number of thioether (sulfide) groups is 1. The number of carbonyl (C=O) groups excluding carboxylic acids is 1. The van der Waals surface area contributed by atoms with Crippen molar-refractivity contribution in [2.45, 2.75) is 11.6 Å². The van der Waals surface area contributed by atoms with Gasteiger partial charge in [-0.2, -0.15) is 0 Å². The van der Waals surface area contributed by atoms with Crippen molar-refractivity contribution in [2.24, 2.45) is 7.05 Å². The van der Waals surface area contributed by atoms with Gasteiger partial charge >= 0.3 is 0 Å². The van der Waals surface area contributed by atoms with Crippen LogP contribution in [0.15, 0.2) is 29.7 Å². The molecule has 8 heteroatoms. The van der Waals surface area contributed by atoms with E-state index < -0.39 is 0 Å². The van der Waals surface area contributed by atoms with E-state index in [-0.39, 0.29) is 11.7 Å². The second-order valence-electron chi connectivity index (χ2n) is 4.77. The Morgan fingerprint density at radius 3 is 2.95 bits per heavy atom. The summed E-state index contributed by atoms with van der Waals surface area (Å²) in [4.78, 5) is 12.0. The molecule has 1 N–H and O–H groups in total. The minimum atomic E-state index is -0.109. The number of carbonyl (C=O) groups is 1. The molecule has 2 heterocycles. The van der Waals surface area contributed by atoms with Gasteiger partial charge in [-0.3, -0.25) is 4.79 Å². The fourth-order valence-corrected chi connectivity index (χ4v) is 2.66. The lowest BCUT2D eigenvalue weighted by Gasteiger charge is -2.10. The number of nitrogens with one attached hydrogen (secondary N) is 1. The Hall–Kier alpha value is -2.22. The molecule has 7 nitrogen and oxygen atoms in total. The summed E-state index contributed by atoms with van der Waals surface area (Å²) < 4.78 is 12.9. The fraction of sp³-hybridized carbons (Fsp3) is 0.357. The highest BCUT2D eigenvalue weighted by atomic mass is 32.2. The summed E-state index contributed by atoms with van der Waals surface area (Å²) in [6, 6.07) is 5.40. The van der Waals surface area contributed by atoms with E-state index in [1.165, 1.54) is 11.8 Å². The highest BCUT2D eigenvalue weighted by Gasteiger charge is 2.12. The topological polar surface area (TPSA) is 78.3 Å². The van der Waals surface area contributed by atoms with Crippen LogP contribution >= 0.6 is 11.8 Å². The van der Waals surface area contributed by atoms with Crippen LogP contribution in [0.2, 0.25) is 0 Å². The van der Waals surface area contributed by atoms with E-state index in [1.807, 2.05) is 13.1 Å². The monoisotopic (exact) mass is 320 g/mol. The number of aromatic nitrogens is 3.